The minimum atomic E-state index is -0.536. The molecule has 1 amide bonds. The van der Waals surface area contributed by atoms with Crippen molar-refractivity contribution in [3.63, 3.8) is 0 Å². The van der Waals surface area contributed by atoms with Crippen molar-refractivity contribution in [3.05, 3.63) is 11.1 Å². The molecule has 0 aromatic carbocycles. The van der Waals surface area contributed by atoms with Crippen LogP contribution in [0.1, 0.15) is 12.6 Å². The maximum Gasteiger partial charge on any atom is 0.243 e. The van der Waals surface area contributed by atoms with Gasteiger partial charge in [-0.15, -0.1) is 22.9 Å². The van der Waals surface area contributed by atoms with Crippen LogP contribution in [0.5, 0.6) is 0 Å². The number of rotatable bonds is 4. The molecule has 1 atom stereocenters. The number of anilines is 1. The fourth-order valence-corrected chi connectivity index (χ4v) is 1.72. The van der Waals surface area contributed by atoms with Crippen molar-refractivity contribution in [1.82, 2.24) is 9.88 Å². The first-order valence-electron chi connectivity index (χ1n) is 4.53. The number of thiazole rings is 1. The third-order valence-corrected chi connectivity index (χ3v) is 2.63. The number of nitrogens with one attached hydrogen (secondary N) is 1. The number of hydrogen-bond donors (Lipinski definition) is 1. The van der Waals surface area contributed by atoms with Crippen LogP contribution in [0.15, 0.2) is 5.38 Å². The summed E-state index contributed by atoms with van der Waals surface area (Å²) in [4.78, 5) is 17.5. The largest absolute Gasteiger partial charge is 0.304 e. The second-order valence-corrected chi connectivity index (χ2v) is 5.00. The number of nitrogens with zero attached hydrogens (tertiary/aromatic N) is 2. The van der Waals surface area contributed by atoms with Crippen LogP contribution in [0, 0.1) is 0 Å². The van der Waals surface area contributed by atoms with Gasteiger partial charge in [-0.3, -0.25) is 4.79 Å². The maximum atomic E-state index is 11.3. The van der Waals surface area contributed by atoms with Gasteiger partial charge in [0.1, 0.15) is 5.38 Å². The van der Waals surface area contributed by atoms with Crippen LogP contribution in [0.4, 0.5) is 5.13 Å². The predicted octanol–water partition coefficient (Wildman–Crippen LogP) is 1.77. The highest BCUT2D eigenvalue weighted by molar-refractivity contribution is 7.13. The van der Waals surface area contributed by atoms with E-state index in [0.717, 1.165) is 12.2 Å². The molecular formula is C9H14ClN3OS. The van der Waals surface area contributed by atoms with Crippen LogP contribution in [-0.2, 0) is 11.3 Å². The summed E-state index contributed by atoms with van der Waals surface area (Å²) in [5, 5.41) is 4.64. The molecule has 0 aliphatic rings. The monoisotopic (exact) mass is 247 g/mol. The van der Waals surface area contributed by atoms with E-state index in [0.29, 0.717) is 5.13 Å². The van der Waals surface area contributed by atoms with Gasteiger partial charge in [0, 0.05) is 11.9 Å². The first-order valence-corrected chi connectivity index (χ1v) is 5.84. The smallest absolute Gasteiger partial charge is 0.243 e. The summed E-state index contributed by atoms with van der Waals surface area (Å²) < 4.78 is 0. The number of amides is 1. The van der Waals surface area contributed by atoms with Gasteiger partial charge in [0.25, 0.3) is 0 Å². The van der Waals surface area contributed by atoms with Gasteiger partial charge in [-0.1, -0.05) is 0 Å². The zero-order chi connectivity index (χ0) is 11.4. The summed E-state index contributed by atoms with van der Waals surface area (Å²) in [7, 11) is 3.94. The van der Waals surface area contributed by atoms with E-state index in [9.17, 15) is 4.79 Å². The molecule has 0 aliphatic heterocycles. The van der Waals surface area contributed by atoms with E-state index in [1.165, 1.54) is 11.3 Å². The lowest BCUT2D eigenvalue weighted by Gasteiger charge is -2.05. The van der Waals surface area contributed by atoms with E-state index in [-0.39, 0.29) is 5.91 Å². The van der Waals surface area contributed by atoms with Crippen LogP contribution in [-0.4, -0.2) is 35.3 Å². The van der Waals surface area contributed by atoms with Gasteiger partial charge in [-0.05, 0) is 21.0 Å². The average Bonchev–Trinajstić information content (AvgIpc) is 2.51. The Balaban J connectivity index is 2.56. The van der Waals surface area contributed by atoms with E-state index in [1.807, 2.05) is 24.4 Å². The Labute approximate surface area is 98.3 Å². The van der Waals surface area contributed by atoms with E-state index >= 15 is 0 Å². The van der Waals surface area contributed by atoms with Crippen LogP contribution in [0.3, 0.4) is 0 Å². The summed E-state index contributed by atoms with van der Waals surface area (Å²) in [6.07, 6.45) is 0. The van der Waals surface area contributed by atoms with Gasteiger partial charge >= 0.3 is 0 Å². The zero-order valence-corrected chi connectivity index (χ0v) is 10.5. The molecule has 0 bridgehead atoms. The molecule has 84 valence electrons. The van der Waals surface area contributed by atoms with Gasteiger partial charge in [-0.25, -0.2) is 4.98 Å². The number of carbonyl (C=O) groups is 1. The Hall–Kier alpha value is -0.650. The second-order valence-electron chi connectivity index (χ2n) is 3.49. The van der Waals surface area contributed by atoms with Crippen LogP contribution in [0.25, 0.3) is 0 Å². The average molecular weight is 248 g/mol. The molecule has 15 heavy (non-hydrogen) atoms. The van der Waals surface area contributed by atoms with Crippen molar-refractivity contribution in [2.24, 2.45) is 0 Å². The Bertz CT molecular complexity index is 338. The number of halogens is 1. The highest BCUT2D eigenvalue weighted by Crippen LogP contribution is 2.16. The highest BCUT2D eigenvalue weighted by Gasteiger charge is 2.11. The molecule has 1 unspecified atom stereocenters. The molecule has 1 aromatic heterocycles. The van der Waals surface area contributed by atoms with Crippen molar-refractivity contribution >= 4 is 34.0 Å². The fourth-order valence-electron chi connectivity index (χ4n) is 0.966. The van der Waals surface area contributed by atoms with Crippen LogP contribution >= 0.6 is 22.9 Å². The summed E-state index contributed by atoms with van der Waals surface area (Å²) in [5.41, 5.74) is 0.947. The molecule has 0 spiro atoms. The number of hydrogen-bond acceptors (Lipinski definition) is 4. The molecule has 0 radical (unpaired) electrons. The Kier molecular flexibility index (Phi) is 4.50. The molecule has 1 aromatic rings. The third-order valence-electron chi connectivity index (χ3n) is 1.62. The Morgan fingerprint density at radius 2 is 2.40 bits per heavy atom. The van der Waals surface area contributed by atoms with Crippen LogP contribution in [0.2, 0.25) is 0 Å². The van der Waals surface area contributed by atoms with Crippen molar-refractivity contribution in [2.45, 2.75) is 18.8 Å². The molecule has 0 saturated carbocycles. The SMILES string of the molecule is CC(Cl)C(=O)Nc1nc(CN(C)C)cs1. The summed E-state index contributed by atoms with van der Waals surface area (Å²) >= 11 is 7.03. The van der Waals surface area contributed by atoms with E-state index < -0.39 is 5.38 Å². The lowest BCUT2D eigenvalue weighted by Crippen LogP contribution is -2.20. The highest BCUT2D eigenvalue weighted by atomic mass is 35.5. The van der Waals surface area contributed by atoms with Gasteiger partial charge in [0.05, 0.1) is 5.69 Å². The van der Waals surface area contributed by atoms with Crippen molar-refractivity contribution < 1.29 is 4.79 Å². The lowest BCUT2D eigenvalue weighted by atomic mass is 10.4. The molecule has 1 N–H and O–H groups in total. The number of aromatic nitrogens is 1. The fraction of sp³-hybridized carbons (Fsp3) is 0.556. The summed E-state index contributed by atoms with van der Waals surface area (Å²) in [6, 6.07) is 0. The minimum absolute atomic E-state index is 0.220. The molecule has 0 saturated heterocycles. The first kappa shape index (κ1) is 12.4. The molecule has 4 nitrogen and oxygen atoms in total. The van der Waals surface area contributed by atoms with Gasteiger partial charge in [-0.2, -0.15) is 0 Å². The van der Waals surface area contributed by atoms with Crippen molar-refractivity contribution in [3.8, 4) is 0 Å². The standard InChI is InChI=1S/C9H14ClN3OS/c1-6(10)8(14)12-9-11-7(5-15-9)4-13(2)3/h5-6H,4H2,1-3H3,(H,11,12,14). The molecule has 0 aliphatic carbocycles. The van der Waals surface area contributed by atoms with Gasteiger partial charge < -0.3 is 10.2 Å². The first-order chi connectivity index (χ1) is 6.99. The lowest BCUT2D eigenvalue weighted by molar-refractivity contribution is -0.115. The van der Waals surface area contributed by atoms with E-state index in [1.54, 1.807) is 6.92 Å². The molecule has 1 rings (SSSR count). The van der Waals surface area contributed by atoms with Gasteiger partial charge in [0.15, 0.2) is 5.13 Å². The van der Waals surface area contributed by atoms with Crippen molar-refractivity contribution in [1.29, 1.82) is 0 Å². The minimum Gasteiger partial charge on any atom is -0.304 e. The molecule has 6 heteroatoms. The summed E-state index contributed by atoms with van der Waals surface area (Å²) in [5.74, 6) is -0.220. The Morgan fingerprint density at radius 1 is 1.73 bits per heavy atom. The predicted molar refractivity (Wildman–Crippen MR) is 63.4 cm³/mol. The molecular weight excluding hydrogens is 234 g/mol. The third kappa shape index (κ3) is 4.15. The van der Waals surface area contributed by atoms with Crippen LogP contribution < -0.4 is 5.32 Å². The quantitative estimate of drug-likeness (QED) is 0.825. The maximum absolute atomic E-state index is 11.3. The topological polar surface area (TPSA) is 45.2 Å². The van der Waals surface area contributed by atoms with Crippen molar-refractivity contribution in [2.75, 3.05) is 19.4 Å². The Morgan fingerprint density at radius 3 is 2.93 bits per heavy atom. The normalized spacial score (nSPS) is 12.9. The van der Waals surface area contributed by atoms with E-state index in [4.69, 9.17) is 11.6 Å². The summed E-state index contributed by atoms with van der Waals surface area (Å²) in [6.45, 7) is 2.40. The number of carbonyl (C=O) groups excluding carboxylic acids is 1. The second kappa shape index (κ2) is 5.44. The van der Waals surface area contributed by atoms with Gasteiger partial charge in [0.2, 0.25) is 5.91 Å². The molecule has 0 fully saturated rings. The zero-order valence-electron chi connectivity index (χ0n) is 8.95. The van der Waals surface area contributed by atoms with E-state index in [2.05, 4.69) is 10.3 Å². The molecule has 1 heterocycles. The number of alkyl halides is 1.